The van der Waals surface area contributed by atoms with Crippen molar-refractivity contribution in [3.05, 3.63) is 11.4 Å². The van der Waals surface area contributed by atoms with E-state index >= 15 is 0 Å². The van der Waals surface area contributed by atoms with Crippen LogP contribution in [-0.2, 0) is 4.79 Å². The molecule has 2 rings (SSSR count). The largest absolute Gasteiger partial charge is 0.347 e. The van der Waals surface area contributed by atoms with Gasteiger partial charge in [-0.2, -0.15) is 0 Å². The van der Waals surface area contributed by atoms with Gasteiger partial charge >= 0.3 is 0 Å². The summed E-state index contributed by atoms with van der Waals surface area (Å²) in [5.74, 6) is -0.125. The second kappa shape index (κ2) is 4.49. The lowest BCUT2D eigenvalue weighted by Gasteiger charge is -2.06. The number of hydrogen-bond acceptors (Lipinski definition) is 2. The second-order valence-electron chi connectivity index (χ2n) is 4.30. The van der Waals surface area contributed by atoms with Crippen LogP contribution in [0.15, 0.2) is 11.4 Å². The lowest BCUT2D eigenvalue weighted by atomic mass is 10.3. The minimum absolute atomic E-state index is 0. The standard InChI is InChI=1S/C10H15FN2O.ClH/c1-5(2)8(11)10(14)13-9-6-3-12-4-7(6)9;/h6-7,9,12H,3-4H2,1-2H3,(H,13,14);1H/t6-,7+,9?;. The van der Waals surface area contributed by atoms with Gasteiger partial charge < -0.3 is 10.6 Å². The van der Waals surface area contributed by atoms with E-state index in [0.717, 1.165) is 13.1 Å². The first-order chi connectivity index (χ1) is 6.61. The van der Waals surface area contributed by atoms with Crippen molar-refractivity contribution in [1.29, 1.82) is 0 Å². The normalized spacial score (nSPS) is 31.3. The maximum absolute atomic E-state index is 13.1. The number of nitrogens with one attached hydrogen (secondary N) is 2. The first-order valence-corrected chi connectivity index (χ1v) is 4.96. The Labute approximate surface area is 94.9 Å². The Bertz CT molecular complexity index is 292. The van der Waals surface area contributed by atoms with Gasteiger partial charge in [0.2, 0.25) is 0 Å². The second-order valence-corrected chi connectivity index (χ2v) is 4.30. The van der Waals surface area contributed by atoms with Gasteiger partial charge in [-0.05, 0) is 31.3 Å². The zero-order valence-electron chi connectivity index (χ0n) is 8.84. The van der Waals surface area contributed by atoms with Gasteiger partial charge in [0.05, 0.1) is 0 Å². The van der Waals surface area contributed by atoms with Crippen molar-refractivity contribution in [2.45, 2.75) is 19.9 Å². The minimum Gasteiger partial charge on any atom is -0.347 e. The highest BCUT2D eigenvalue weighted by molar-refractivity contribution is 5.92. The molecular formula is C10H16ClFN2O. The number of halogens is 2. The molecule has 1 aliphatic carbocycles. The van der Waals surface area contributed by atoms with Crippen LogP contribution in [0.4, 0.5) is 4.39 Å². The fraction of sp³-hybridized carbons (Fsp3) is 0.700. The molecular weight excluding hydrogens is 219 g/mol. The predicted octanol–water partition coefficient (Wildman–Crippen LogP) is 1.01. The van der Waals surface area contributed by atoms with E-state index < -0.39 is 11.7 Å². The number of carbonyl (C=O) groups is 1. The van der Waals surface area contributed by atoms with Gasteiger partial charge in [-0.3, -0.25) is 4.79 Å². The summed E-state index contributed by atoms with van der Waals surface area (Å²) in [5.41, 5.74) is 0.437. The molecule has 15 heavy (non-hydrogen) atoms. The topological polar surface area (TPSA) is 41.1 Å². The maximum Gasteiger partial charge on any atom is 0.280 e. The maximum atomic E-state index is 13.1. The average Bonchev–Trinajstić information content (AvgIpc) is 2.63. The smallest absolute Gasteiger partial charge is 0.280 e. The SMILES string of the molecule is CC(C)=C(F)C(=O)NC1[C@H]2CNC[C@@H]12.Cl. The molecule has 3 nitrogen and oxygen atoms in total. The van der Waals surface area contributed by atoms with Gasteiger partial charge in [-0.15, -0.1) is 12.4 Å². The number of fused-ring (bicyclic) bond motifs is 1. The van der Waals surface area contributed by atoms with E-state index in [1.807, 2.05) is 0 Å². The van der Waals surface area contributed by atoms with Crippen LogP contribution in [0.2, 0.25) is 0 Å². The van der Waals surface area contributed by atoms with Crippen LogP contribution in [0.25, 0.3) is 0 Å². The molecule has 0 aromatic carbocycles. The summed E-state index contributed by atoms with van der Waals surface area (Å²) in [7, 11) is 0. The highest BCUT2D eigenvalue weighted by Gasteiger charge is 2.53. The summed E-state index contributed by atoms with van der Waals surface area (Å²) in [4.78, 5) is 11.3. The molecule has 1 unspecified atom stereocenters. The number of carbonyl (C=O) groups excluding carboxylic acids is 1. The van der Waals surface area contributed by atoms with Gasteiger partial charge in [-0.1, -0.05) is 0 Å². The molecule has 1 heterocycles. The summed E-state index contributed by atoms with van der Waals surface area (Å²) >= 11 is 0. The van der Waals surface area contributed by atoms with Gasteiger partial charge in [-0.25, -0.2) is 4.39 Å². The van der Waals surface area contributed by atoms with E-state index in [1.165, 1.54) is 0 Å². The highest BCUT2D eigenvalue weighted by Crippen LogP contribution is 2.41. The Morgan fingerprint density at radius 3 is 2.33 bits per heavy atom. The van der Waals surface area contributed by atoms with Crippen molar-refractivity contribution in [3.63, 3.8) is 0 Å². The van der Waals surface area contributed by atoms with Crippen LogP contribution in [0.3, 0.4) is 0 Å². The third-order valence-corrected chi connectivity index (χ3v) is 3.03. The van der Waals surface area contributed by atoms with E-state index in [2.05, 4.69) is 10.6 Å². The number of rotatable bonds is 2. The molecule has 2 aliphatic rings. The van der Waals surface area contributed by atoms with Crippen molar-refractivity contribution in [1.82, 2.24) is 10.6 Å². The van der Waals surface area contributed by atoms with Gasteiger partial charge in [0, 0.05) is 19.1 Å². The molecule has 1 saturated heterocycles. The summed E-state index contributed by atoms with van der Waals surface area (Å²) in [6.07, 6.45) is 0. The molecule has 2 N–H and O–H groups in total. The van der Waals surface area contributed by atoms with Gasteiger partial charge in [0.15, 0.2) is 5.83 Å². The molecule has 2 fully saturated rings. The third kappa shape index (κ3) is 2.32. The van der Waals surface area contributed by atoms with Crippen LogP contribution in [0, 0.1) is 11.8 Å². The molecule has 1 aliphatic heterocycles. The monoisotopic (exact) mass is 234 g/mol. The number of amides is 1. The Kier molecular flexibility index (Phi) is 3.73. The molecule has 86 valence electrons. The van der Waals surface area contributed by atoms with Gasteiger partial charge in [0.25, 0.3) is 5.91 Å². The molecule has 0 aromatic rings. The average molecular weight is 235 g/mol. The quantitative estimate of drug-likeness (QED) is 0.701. The van der Waals surface area contributed by atoms with E-state index in [0.29, 0.717) is 17.4 Å². The molecule has 0 radical (unpaired) electrons. The van der Waals surface area contributed by atoms with E-state index in [4.69, 9.17) is 0 Å². The molecule has 1 saturated carbocycles. The van der Waals surface area contributed by atoms with Crippen LogP contribution in [0.1, 0.15) is 13.8 Å². The Morgan fingerprint density at radius 1 is 1.33 bits per heavy atom. The van der Waals surface area contributed by atoms with Crippen molar-refractivity contribution in [2.75, 3.05) is 13.1 Å². The molecule has 0 aromatic heterocycles. The molecule has 0 bridgehead atoms. The molecule has 1 amide bonds. The predicted molar refractivity (Wildman–Crippen MR) is 58.5 cm³/mol. The summed E-state index contributed by atoms with van der Waals surface area (Å²) in [6, 6.07) is 0.203. The van der Waals surface area contributed by atoms with E-state index in [-0.39, 0.29) is 18.4 Å². The van der Waals surface area contributed by atoms with Crippen molar-refractivity contribution in [2.24, 2.45) is 11.8 Å². The zero-order valence-corrected chi connectivity index (χ0v) is 9.66. The zero-order chi connectivity index (χ0) is 10.3. The summed E-state index contributed by atoms with van der Waals surface area (Å²) in [6.45, 7) is 5.10. The van der Waals surface area contributed by atoms with Crippen LogP contribution in [0.5, 0.6) is 0 Å². The van der Waals surface area contributed by atoms with E-state index in [1.54, 1.807) is 13.8 Å². The first kappa shape index (κ1) is 12.5. The third-order valence-electron chi connectivity index (χ3n) is 3.03. The highest BCUT2D eigenvalue weighted by atomic mass is 35.5. The van der Waals surface area contributed by atoms with Crippen LogP contribution >= 0.6 is 12.4 Å². The van der Waals surface area contributed by atoms with Crippen LogP contribution < -0.4 is 10.6 Å². The lowest BCUT2D eigenvalue weighted by Crippen LogP contribution is -2.32. The summed E-state index contributed by atoms with van der Waals surface area (Å²) < 4.78 is 13.1. The molecule has 5 heteroatoms. The Morgan fingerprint density at radius 2 is 1.87 bits per heavy atom. The Hall–Kier alpha value is -0.610. The summed E-state index contributed by atoms with van der Waals surface area (Å²) in [5, 5.41) is 5.95. The Balaban J connectivity index is 0.00000112. The lowest BCUT2D eigenvalue weighted by molar-refractivity contribution is -0.119. The van der Waals surface area contributed by atoms with Crippen molar-refractivity contribution in [3.8, 4) is 0 Å². The number of piperidine rings is 1. The minimum atomic E-state index is -0.636. The number of allylic oxidation sites excluding steroid dienone is 1. The molecule has 3 atom stereocenters. The number of hydrogen-bond donors (Lipinski definition) is 2. The molecule has 0 spiro atoms. The van der Waals surface area contributed by atoms with Gasteiger partial charge in [0.1, 0.15) is 0 Å². The van der Waals surface area contributed by atoms with Crippen molar-refractivity contribution >= 4 is 18.3 Å². The van der Waals surface area contributed by atoms with Crippen LogP contribution in [-0.4, -0.2) is 25.0 Å². The van der Waals surface area contributed by atoms with E-state index in [9.17, 15) is 9.18 Å². The van der Waals surface area contributed by atoms with Crippen molar-refractivity contribution < 1.29 is 9.18 Å². The fourth-order valence-corrected chi connectivity index (χ4v) is 2.07. The first-order valence-electron chi connectivity index (χ1n) is 4.96. The fourth-order valence-electron chi connectivity index (χ4n) is 2.07.